The second kappa shape index (κ2) is 10.4. The van der Waals surface area contributed by atoms with Crippen molar-refractivity contribution in [3.8, 4) is 5.75 Å². The number of nitrogens with two attached hydrogens (primary N) is 1. The van der Waals surface area contributed by atoms with Crippen molar-refractivity contribution >= 4 is 29.2 Å². The van der Waals surface area contributed by atoms with Gasteiger partial charge in [-0.1, -0.05) is 30.3 Å². The monoisotopic (exact) mass is 512 g/mol. The summed E-state index contributed by atoms with van der Waals surface area (Å²) in [5, 5.41) is 12.5. The van der Waals surface area contributed by atoms with Gasteiger partial charge in [-0.05, 0) is 60.5 Å². The first-order chi connectivity index (χ1) is 18.3. The number of hydrogen-bond acceptors (Lipinski definition) is 6. The zero-order chi connectivity index (χ0) is 26.8. The molecule has 2 fully saturated rings. The number of nitrogen functional groups attached to an aromatic ring is 1. The maximum absolute atomic E-state index is 13.8. The van der Waals surface area contributed by atoms with Crippen molar-refractivity contribution in [2.24, 2.45) is 0 Å². The molecule has 2 saturated heterocycles. The van der Waals surface area contributed by atoms with Crippen LogP contribution in [0.1, 0.15) is 32.7 Å². The molecule has 3 aromatic rings. The van der Waals surface area contributed by atoms with Gasteiger partial charge in [-0.15, -0.1) is 0 Å². The van der Waals surface area contributed by atoms with Crippen LogP contribution in [-0.2, 0) is 16.0 Å². The van der Waals surface area contributed by atoms with Crippen LogP contribution < -0.4 is 11.1 Å². The lowest BCUT2D eigenvalue weighted by atomic mass is 10.0. The molecule has 0 radical (unpaired) electrons. The third kappa shape index (κ3) is 4.95. The molecule has 38 heavy (non-hydrogen) atoms. The van der Waals surface area contributed by atoms with Crippen molar-refractivity contribution in [1.82, 2.24) is 15.1 Å². The molecule has 0 unspecified atom stereocenters. The number of carbonyl (C=O) groups excluding carboxylic acids is 4. The maximum Gasteiger partial charge on any atom is 0.254 e. The minimum Gasteiger partial charge on any atom is -0.508 e. The number of ketones is 1. The van der Waals surface area contributed by atoms with E-state index >= 15 is 0 Å². The number of benzene rings is 3. The number of fused-ring (bicyclic) bond motifs is 1. The fraction of sp³-hybridized carbons (Fsp3) is 0.241. The van der Waals surface area contributed by atoms with Gasteiger partial charge >= 0.3 is 0 Å². The van der Waals surface area contributed by atoms with E-state index in [1.54, 1.807) is 66.7 Å². The van der Waals surface area contributed by atoms with Crippen molar-refractivity contribution in [2.45, 2.75) is 31.0 Å². The number of hydrogen-bond donors (Lipinski definition) is 3. The van der Waals surface area contributed by atoms with E-state index in [4.69, 9.17) is 5.73 Å². The molecule has 4 N–H and O–H groups in total. The highest BCUT2D eigenvalue weighted by Gasteiger charge is 2.52. The van der Waals surface area contributed by atoms with Gasteiger partial charge in [-0.2, -0.15) is 0 Å². The number of anilines is 1. The third-order valence-electron chi connectivity index (χ3n) is 7.14. The number of amides is 3. The molecule has 0 saturated carbocycles. The molecular formula is C29H28N4O5. The van der Waals surface area contributed by atoms with Crippen LogP contribution in [0.25, 0.3) is 0 Å². The highest BCUT2D eigenvalue weighted by atomic mass is 16.3. The molecule has 3 atom stereocenters. The Kier molecular flexibility index (Phi) is 6.83. The van der Waals surface area contributed by atoms with Crippen molar-refractivity contribution in [2.75, 3.05) is 18.8 Å². The largest absolute Gasteiger partial charge is 0.508 e. The molecule has 3 aromatic carbocycles. The highest BCUT2D eigenvalue weighted by Crippen LogP contribution is 2.32. The number of phenolic OH excluding ortho intramolecular Hbond substituents is 1. The molecule has 0 aliphatic carbocycles. The van der Waals surface area contributed by atoms with Crippen LogP contribution in [-0.4, -0.2) is 69.6 Å². The molecule has 5 rings (SSSR count). The van der Waals surface area contributed by atoms with Gasteiger partial charge < -0.3 is 26.0 Å². The predicted molar refractivity (Wildman–Crippen MR) is 140 cm³/mol. The Hall–Kier alpha value is -4.66. The minimum atomic E-state index is -0.944. The topological polar surface area (TPSA) is 133 Å². The number of nitrogens with one attached hydrogen (secondary N) is 1. The lowest BCUT2D eigenvalue weighted by Gasteiger charge is -2.28. The molecule has 9 heteroatoms. The van der Waals surface area contributed by atoms with E-state index < -0.39 is 24.0 Å². The average Bonchev–Trinajstić information content (AvgIpc) is 3.51. The first-order valence-electron chi connectivity index (χ1n) is 12.5. The van der Waals surface area contributed by atoms with E-state index in [9.17, 15) is 24.3 Å². The SMILES string of the molecule is Nc1ccc(C(=O)N2CC(=O)[C@@H]3[C@H]2CCN3C(=O)[C@H](Cc2ccc(O)cc2)NC(=O)c2ccccc2)cc1. The first kappa shape index (κ1) is 25.0. The minimum absolute atomic E-state index is 0.0820. The standard InChI is InChI=1S/C29H28N4O5/c30-21-10-8-20(9-11-21)28(37)33-17-25(35)26-24(33)14-15-32(26)29(38)23(16-18-6-12-22(34)13-7-18)31-27(36)19-4-2-1-3-5-19/h1-13,23-24,26,34H,14-17,30H2,(H,31,36)/t23-,24+,26-/m0/s1. The summed E-state index contributed by atoms with van der Waals surface area (Å²) in [6.07, 6.45) is 0.634. The molecular weight excluding hydrogens is 484 g/mol. The molecule has 0 bridgehead atoms. The van der Waals surface area contributed by atoms with Gasteiger partial charge in [0.15, 0.2) is 5.78 Å². The van der Waals surface area contributed by atoms with Crippen LogP contribution in [0.5, 0.6) is 5.75 Å². The highest BCUT2D eigenvalue weighted by molar-refractivity contribution is 6.03. The fourth-order valence-electron chi connectivity index (χ4n) is 5.23. The second-order valence-electron chi connectivity index (χ2n) is 9.62. The van der Waals surface area contributed by atoms with Crippen molar-refractivity contribution in [3.63, 3.8) is 0 Å². The Bertz CT molecular complexity index is 1360. The summed E-state index contributed by atoms with van der Waals surface area (Å²) in [4.78, 5) is 56.2. The normalized spacial score (nSPS) is 19.2. The summed E-state index contributed by atoms with van der Waals surface area (Å²) < 4.78 is 0. The number of aromatic hydroxyl groups is 1. The molecule has 9 nitrogen and oxygen atoms in total. The van der Waals surface area contributed by atoms with Gasteiger partial charge in [0.25, 0.3) is 11.8 Å². The van der Waals surface area contributed by atoms with Crippen LogP contribution in [0.3, 0.4) is 0 Å². The van der Waals surface area contributed by atoms with E-state index in [1.165, 1.54) is 21.9 Å². The van der Waals surface area contributed by atoms with E-state index in [0.29, 0.717) is 29.8 Å². The van der Waals surface area contributed by atoms with Crippen molar-refractivity contribution in [3.05, 3.63) is 95.6 Å². The van der Waals surface area contributed by atoms with Crippen molar-refractivity contribution in [1.29, 1.82) is 0 Å². The molecule has 2 aliphatic heterocycles. The van der Waals surface area contributed by atoms with Crippen molar-refractivity contribution < 1.29 is 24.3 Å². The molecule has 2 heterocycles. The number of carbonyl (C=O) groups is 4. The van der Waals surface area contributed by atoms with Crippen LogP contribution in [0.2, 0.25) is 0 Å². The summed E-state index contributed by atoms with van der Waals surface area (Å²) >= 11 is 0. The summed E-state index contributed by atoms with van der Waals surface area (Å²) in [5.74, 6) is -1.18. The number of phenols is 1. The smallest absolute Gasteiger partial charge is 0.254 e. The van der Waals surface area contributed by atoms with Crippen LogP contribution >= 0.6 is 0 Å². The molecule has 0 aromatic heterocycles. The van der Waals surface area contributed by atoms with Gasteiger partial charge in [-0.25, -0.2) is 0 Å². The van der Waals surface area contributed by atoms with Gasteiger partial charge in [0.2, 0.25) is 5.91 Å². The van der Waals surface area contributed by atoms with Crippen LogP contribution in [0.15, 0.2) is 78.9 Å². The van der Waals surface area contributed by atoms with E-state index in [0.717, 1.165) is 5.56 Å². The molecule has 0 spiro atoms. The fourth-order valence-corrected chi connectivity index (χ4v) is 5.23. The second-order valence-corrected chi connectivity index (χ2v) is 9.62. The Morgan fingerprint density at radius 1 is 0.921 bits per heavy atom. The number of Topliss-reactive ketones (excluding diaryl/α,β-unsaturated/α-hetero) is 1. The Morgan fingerprint density at radius 3 is 2.29 bits per heavy atom. The zero-order valence-corrected chi connectivity index (χ0v) is 20.6. The summed E-state index contributed by atoms with van der Waals surface area (Å²) in [6, 6.07) is 19.4. The quantitative estimate of drug-likeness (QED) is 0.433. The molecule has 3 amide bonds. The predicted octanol–water partition coefficient (Wildman–Crippen LogP) is 2.01. The number of nitrogens with zero attached hydrogens (tertiary/aromatic N) is 2. The van der Waals surface area contributed by atoms with Crippen LogP contribution in [0.4, 0.5) is 5.69 Å². The summed E-state index contributed by atoms with van der Waals surface area (Å²) in [7, 11) is 0. The zero-order valence-electron chi connectivity index (χ0n) is 20.6. The Balaban J connectivity index is 1.37. The van der Waals surface area contributed by atoms with Crippen LogP contribution in [0, 0.1) is 0 Å². The lowest BCUT2D eigenvalue weighted by molar-refractivity contribution is -0.138. The number of rotatable bonds is 6. The molecule has 194 valence electrons. The van der Waals surface area contributed by atoms with Gasteiger partial charge in [0, 0.05) is 29.8 Å². The van der Waals surface area contributed by atoms with E-state index in [2.05, 4.69) is 5.32 Å². The van der Waals surface area contributed by atoms with Gasteiger partial charge in [0.1, 0.15) is 17.8 Å². The maximum atomic E-state index is 13.8. The van der Waals surface area contributed by atoms with E-state index in [-0.39, 0.29) is 36.3 Å². The number of likely N-dealkylation sites (tertiary alicyclic amines) is 2. The first-order valence-corrected chi connectivity index (χ1v) is 12.5. The Morgan fingerprint density at radius 2 is 1.61 bits per heavy atom. The summed E-state index contributed by atoms with van der Waals surface area (Å²) in [5.41, 5.74) is 7.85. The van der Waals surface area contributed by atoms with E-state index in [1.807, 2.05) is 0 Å². The third-order valence-corrected chi connectivity index (χ3v) is 7.14. The molecule has 2 aliphatic rings. The Labute approximate surface area is 219 Å². The summed E-state index contributed by atoms with van der Waals surface area (Å²) in [6.45, 7) is 0.208. The van der Waals surface area contributed by atoms with Gasteiger partial charge in [0.05, 0.1) is 12.6 Å². The average molecular weight is 513 g/mol. The lowest BCUT2D eigenvalue weighted by Crippen LogP contribution is -2.53. The van der Waals surface area contributed by atoms with Gasteiger partial charge in [-0.3, -0.25) is 19.2 Å².